The molecule has 4 nitrogen and oxygen atoms in total. The quantitative estimate of drug-likeness (QED) is 0.245. The smallest absolute Gasteiger partial charge is 0.389 e. The molecule has 0 spiro atoms. The maximum absolute atomic E-state index is 11.9. The van der Waals surface area contributed by atoms with E-state index in [9.17, 15) is 13.2 Å². The molecular weight excluding hydrogens is 259 g/mol. The van der Waals surface area contributed by atoms with Crippen LogP contribution in [0.25, 0.3) is 0 Å². The number of nitrogens with two attached hydrogens (primary N) is 1. The van der Waals surface area contributed by atoms with Crippen LogP contribution in [0, 0.1) is 0 Å². The van der Waals surface area contributed by atoms with Gasteiger partial charge in [-0.1, -0.05) is 29.4 Å². The summed E-state index contributed by atoms with van der Waals surface area (Å²) in [5, 5.41) is 14.4. The number of nitrogens with one attached hydrogen (secondary N) is 1. The fourth-order valence-electron chi connectivity index (χ4n) is 1.62. The standard InChI is InChI=1S/C12H16F3N3O/c13-12(14,15)6-3-7-17-8-9-4-1-2-5-10(9)11(16)18-19/h1-2,4-5,17,19H,3,6-8H2,(H2,16,18). The van der Waals surface area contributed by atoms with Gasteiger partial charge in [0.15, 0.2) is 5.84 Å². The van der Waals surface area contributed by atoms with Crippen LogP contribution in [-0.4, -0.2) is 23.8 Å². The fourth-order valence-corrected chi connectivity index (χ4v) is 1.62. The second-order valence-corrected chi connectivity index (χ2v) is 4.04. The van der Waals surface area contributed by atoms with Crippen LogP contribution in [0.15, 0.2) is 29.4 Å². The van der Waals surface area contributed by atoms with Crippen LogP contribution in [0.3, 0.4) is 0 Å². The Labute approximate surface area is 109 Å². The predicted molar refractivity (Wildman–Crippen MR) is 65.9 cm³/mol. The third kappa shape index (κ3) is 5.60. The van der Waals surface area contributed by atoms with Gasteiger partial charge in [0.1, 0.15) is 0 Å². The first-order chi connectivity index (χ1) is 8.94. The van der Waals surface area contributed by atoms with Crippen LogP contribution in [0.1, 0.15) is 24.0 Å². The van der Waals surface area contributed by atoms with E-state index < -0.39 is 12.6 Å². The lowest BCUT2D eigenvalue weighted by atomic mass is 10.1. The zero-order chi connectivity index (χ0) is 14.3. The maximum Gasteiger partial charge on any atom is 0.389 e. The molecule has 1 aromatic carbocycles. The normalized spacial score (nSPS) is 12.7. The van der Waals surface area contributed by atoms with Gasteiger partial charge in [0.2, 0.25) is 0 Å². The Hall–Kier alpha value is -1.76. The second kappa shape index (κ2) is 6.98. The van der Waals surface area contributed by atoms with Crippen LogP contribution in [-0.2, 0) is 6.54 Å². The number of halogens is 3. The van der Waals surface area contributed by atoms with Gasteiger partial charge in [-0.05, 0) is 18.5 Å². The number of alkyl halides is 3. The number of rotatable bonds is 6. The molecule has 1 aromatic rings. The van der Waals surface area contributed by atoms with E-state index in [1.807, 2.05) is 0 Å². The van der Waals surface area contributed by atoms with Gasteiger partial charge in [-0.25, -0.2) is 0 Å². The van der Waals surface area contributed by atoms with Crippen LogP contribution in [0.4, 0.5) is 13.2 Å². The van der Waals surface area contributed by atoms with Crippen molar-refractivity contribution in [1.82, 2.24) is 5.32 Å². The van der Waals surface area contributed by atoms with E-state index in [2.05, 4.69) is 10.5 Å². The minimum Gasteiger partial charge on any atom is -0.409 e. The Morgan fingerprint density at radius 3 is 2.63 bits per heavy atom. The van der Waals surface area contributed by atoms with E-state index in [0.717, 1.165) is 5.56 Å². The van der Waals surface area contributed by atoms with Crippen LogP contribution in [0.5, 0.6) is 0 Å². The third-order valence-electron chi connectivity index (χ3n) is 2.53. The van der Waals surface area contributed by atoms with E-state index in [-0.39, 0.29) is 18.8 Å². The van der Waals surface area contributed by atoms with Crippen molar-refractivity contribution in [2.45, 2.75) is 25.6 Å². The molecule has 0 unspecified atom stereocenters. The van der Waals surface area contributed by atoms with Gasteiger partial charge in [-0.2, -0.15) is 13.2 Å². The average Bonchev–Trinajstić information content (AvgIpc) is 2.36. The summed E-state index contributed by atoms with van der Waals surface area (Å²) >= 11 is 0. The lowest BCUT2D eigenvalue weighted by molar-refractivity contribution is -0.135. The SMILES string of the molecule is N/C(=N/O)c1ccccc1CNCCCC(F)(F)F. The number of amidine groups is 1. The first-order valence-electron chi connectivity index (χ1n) is 5.77. The van der Waals surface area contributed by atoms with E-state index in [1.165, 1.54) is 0 Å². The van der Waals surface area contributed by atoms with Gasteiger partial charge in [0.05, 0.1) is 0 Å². The Bertz CT molecular complexity index is 432. The predicted octanol–water partition coefficient (Wildman–Crippen LogP) is 2.21. The number of hydrogen-bond acceptors (Lipinski definition) is 3. The first kappa shape index (κ1) is 15.3. The molecule has 0 aromatic heterocycles. The van der Waals surface area contributed by atoms with Crippen LogP contribution < -0.4 is 11.1 Å². The third-order valence-corrected chi connectivity index (χ3v) is 2.53. The molecule has 106 valence electrons. The molecule has 4 N–H and O–H groups in total. The Kier molecular flexibility index (Phi) is 5.62. The molecule has 0 bridgehead atoms. The molecule has 0 heterocycles. The van der Waals surface area contributed by atoms with E-state index in [1.54, 1.807) is 24.3 Å². The van der Waals surface area contributed by atoms with Crippen molar-refractivity contribution in [3.8, 4) is 0 Å². The van der Waals surface area contributed by atoms with Gasteiger partial charge in [-0.3, -0.25) is 0 Å². The molecule has 0 saturated carbocycles. The molecule has 0 aliphatic carbocycles. The maximum atomic E-state index is 11.9. The summed E-state index contributed by atoms with van der Waals surface area (Å²) in [6, 6.07) is 6.97. The molecule has 0 atom stereocenters. The number of oxime groups is 1. The summed E-state index contributed by atoms with van der Waals surface area (Å²) in [6.45, 7) is 0.619. The van der Waals surface area contributed by atoms with Gasteiger partial charge in [0.25, 0.3) is 0 Å². The Morgan fingerprint density at radius 2 is 2.00 bits per heavy atom. The van der Waals surface area contributed by atoms with Crippen LogP contribution >= 0.6 is 0 Å². The fraction of sp³-hybridized carbons (Fsp3) is 0.417. The van der Waals surface area contributed by atoms with Crippen molar-refractivity contribution >= 4 is 5.84 Å². The molecule has 19 heavy (non-hydrogen) atoms. The summed E-state index contributed by atoms with van der Waals surface area (Å²) in [5.74, 6) is -0.0207. The highest BCUT2D eigenvalue weighted by Crippen LogP contribution is 2.20. The zero-order valence-electron chi connectivity index (χ0n) is 10.2. The molecule has 0 amide bonds. The van der Waals surface area contributed by atoms with Crippen LogP contribution in [0.2, 0.25) is 0 Å². The topological polar surface area (TPSA) is 70.6 Å². The number of hydrogen-bond donors (Lipinski definition) is 3. The largest absolute Gasteiger partial charge is 0.409 e. The molecular formula is C12H16F3N3O. The molecule has 7 heteroatoms. The van der Waals surface area contributed by atoms with E-state index >= 15 is 0 Å². The van der Waals surface area contributed by atoms with Crippen molar-refractivity contribution in [1.29, 1.82) is 0 Å². The van der Waals surface area contributed by atoms with E-state index in [0.29, 0.717) is 12.1 Å². The monoisotopic (exact) mass is 275 g/mol. The van der Waals surface area contributed by atoms with Crippen molar-refractivity contribution in [3.05, 3.63) is 35.4 Å². The second-order valence-electron chi connectivity index (χ2n) is 4.04. The van der Waals surface area contributed by atoms with Crippen molar-refractivity contribution < 1.29 is 18.4 Å². The minimum atomic E-state index is -4.12. The first-order valence-corrected chi connectivity index (χ1v) is 5.77. The van der Waals surface area contributed by atoms with Gasteiger partial charge < -0.3 is 16.3 Å². The summed E-state index contributed by atoms with van der Waals surface area (Å²) in [5.41, 5.74) is 6.84. The Balaban J connectivity index is 2.46. The van der Waals surface area contributed by atoms with Gasteiger partial charge in [-0.15, -0.1) is 0 Å². The highest BCUT2D eigenvalue weighted by atomic mass is 19.4. The van der Waals surface area contributed by atoms with E-state index in [4.69, 9.17) is 10.9 Å². The van der Waals surface area contributed by atoms with Crippen molar-refractivity contribution in [2.24, 2.45) is 10.9 Å². The lowest BCUT2D eigenvalue weighted by Crippen LogP contribution is -2.21. The lowest BCUT2D eigenvalue weighted by Gasteiger charge is -2.10. The summed E-state index contributed by atoms with van der Waals surface area (Å²) in [6.07, 6.45) is -4.90. The number of nitrogens with zero attached hydrogens (tertiary/aromatic N) is 1. The minimum absolute atomic E-state index is 0.0207. The number of benzene rings is 1. The summed E-state index contributed by atoms with van der Waals surface area (Å²) < 4.78 is 35.8. The summed E-state index contributed by atoms with van der Waals surface area (Å²) in [7, 11) is 0. The molecule has 0 fully saturated rings. The molecule has 0 saturated heterocycles. The molecule has 0 aliphatic heterocycles. The van der Waals surface area contributed by atoms with Gasteiger partial charge >= 0.3 is 6.18 Å². The molecule has 0 radical (unpaired) electrons. The highest BCUT2D eigenvalue weighted by Gasteiger charge is 2.25. The molecule has 0 aliphatic rings. The Morgan fingerprint density at radius 1 is 1.32 bits per heavy atom. The zero-order valence-corrected chi connectivity index (χ0v) is 10.2. The molecule has 1 rings (SSSR count). The summed E-state index contributed by atoms with van der Waals surface area (Å²) in [4.78, 5) is 0. The van der Waals surface area contributed by atoms with Gasteiger partial charge in [0, 0.05) is 18.5 Å². The van der Waals surface area contributed by atoms with Crippen molar-refractivity contribution in [3.63, 3.8) is 0 Å². The van der Waals surface area contributed by atoms with Crippen molar-refractivity contribution in [2.75, 3.05) is 6.54 Å². The average molecular weight is 275 g/mol. The highest BCUT2D eigenvalue weighted by molar-refractivity contribution is 5.98.